The summed E-state index contributed by atoms with van der Waals surface area (Å²) in [6.07, 6.45) is 0.630. The van der Waals surface area contributed by atoms with E-state index in [1.807, 2.05) is 46.9 Å². The third kappa shape index (κ3) is 2.29. The Balaban J connectivity index is 2.21. The molecule has 0 saturated heterocycles. The van der Waals surface area contributed by atoms with Gasteiger partial charge in [0.15, 0.2) is 0 Å². The molecule has 0 spiro atoms. The van der Waals surface area contributed by atoms with Crippen LogP contribution in [0.15, 0.2) is 54.7 Å². The summed E-state index contributed by atoms with van der Waals surface area (Å²) in [5.41, 5.74) is 1.76. The Morgan fingerprint density at radius 1 is 1.05 bits per heavy atom. The van der Waals surface area contributed by atoms with Gasteiger partial charge in [0.05, 0.1) is 5.52 Å². The fourth-order valence-corrected chi connectivity index (χ4v) is 3.04. The number of halogens is 2. The maximum absolute atomic E-state index is 14.0. The second kappa shape index (κ2) is 5.46. The van der Waals surface area contributed by atoms with Crippen LogP contribution in [0.25, 0.3) is 10.9 Å². The maximum atomic E-state index is 14.0. The molecule has 3 rings (SSSR count). The van der Waals surface area contributed by atoms with Crippen LogP contribution in [0.5, 0.6) is 0 Å². The molecule has 2 nitrogen and oxygen atoms in total. The molecule has 0 fully saturated rings. The molecule has 2 aromatic carbocycles. The highest BCUT2D eigenvalue weighted by Crippen LogP contribution is 2.31. The maximum Gasteiger partial charge on any atom is 0.130 e. The fourth-order valence-electron chi connectivity index (χ4n) is 2.28. The highest BCUT2D eigenvalue weighted by atomic mass is 127. The monoisotopic (exact) mass is 379 g/mol. The molecule has 0 radical (unpaired) electrons. The van der Waals surface area contributed by atoms with Gasteiger partial charge in [-0.1, -0.05) is 24.3 Å². The highest BCUT2D eigenvalue weighted by Gasteiger charge is 2.20. The zero-order valence-electron chi connectivity index (χ0n) is 10.4. The molecule has 1 unspecified atom stereocenters. The Kier molecular flexibility index (Phi) is 3.67. The number of fused-ring (bicyclic) bond motifs is 1. The minimum atomic E-state index is -1.00. The molecular weight excluding hydrogens is 368 g/mol. The van der Waals surface area contributed by atoms with E-state index in [-0.39, 0.29) is 0 Å². The van der Waals surface area contributed by atoms with Crippen molar-refractivity contribution >= 4 is 33.5 Å². The normalized spacial score (nSPS) is 12.6. The topological polar surface area (TPSA) is 33.1 Å². The first kappa shape index (κ1) is 13.5. The van der Waals surface area contributed by atoms with Gasteiger partial charge in [-0.2, -0.15) is 0 Å². The van der Waals surface area contributed by atoms with Gasteiger partial charge in [-0.15, -0.1) is 0 Å². The van der Waals surface area contributed by atoms with Gasteiger partial charge in [0.2, 0.25) is 0 Å². The minimum Gasteiger partial charge on any atom is -0.383 e. The number of pyridine rings is 1. The Morgan fingerprint density at radius 2 is 1.85 bits per heavy atom. The van der Waals surface area contributed by atoms with Gasteiger partial charge in [-0.25, -0.2) is 4.39 Å². The number of hydrogen-bond acceptors (Lipinski definition) is 2. The van der Waals surface area contributed by atoms with Gasteiger partial charge < -0.3 is 5.11 Å². The molecule has 0 aliphatic carbocycles. The Labute approximate surface area is 129 Å². The average Bonchev–Trinajstić information content (AvgIpc) is 2.46. The first-order valence-corrected chi connectivity index (χ1v) is 7.22. The van der Waals surface area contributed by atoms with Crippen LogP contribution in [0, 0.1) is 9.39 Å². The van der Waals surface area contributed by atoms with Gasteiger partial charge in [0.1, 0.15) is 11.9 Å². The standard InChI is InChI=1S/C16H11FINO/c17-12-5-3-6-13(18)15(12)16(20)11-8-9-19-14-7-2-1-4-10(11)14/h1-9,16,20H. The van der Waals surface area contributed by atoms with E-state index in [9.17, 15) is 9.50 Å². The number of benzene rings is 2. The van der Waals surface area contributed by atoms with Crippen molar-refractivity contribution in [3.8, 4) is 0 Å². The summed E-state index contributed by atoms with van der Waals surface area (Å²) in [5, 5.41) is 11.4. The van der Waals surface area contributed by atoms with Crippen LogP contribution in [0.1, 0.15) is 17.2 Å². The molecule has 3 aromatic rings. The number of aromatic nitrogens is 1. The molecule has 0 saturated carbocycles. The van der Waals surface area contributed by atoms with Gasteiger partial charge >= 0.3 is 0 Å². The van der Waals surface area contributed by atoms with E-state index in [0.29, 0.717) is 14.7 Å². The summed E-state index contributed by atoms with van der Waals surface area (Å²) in [5.74, 6) is -0.398. The quantitative estimate of drug-likeness (QED) is 0.682. The number of para-hydroxylation sites is 1. The minimum absolute atomic E-state index is 0.310. The average molecular weight is 379 g/mol. The van der Waals surface area contributed by atoms with Crippen molar-refractivity contribution in [2.45, 2.75) is 6.10 Å². The van der Waals surface area contributed by atoms with E-state index in [4.69, 9.17) is 0 Å². The van der Waals surface area contributed by atoms with E-state index < -0.39 is 11.9 Å². The lowest BCUT2D eigenvalue weighted by atomic mass is 9.98. The van der Waals surface area contributed by atoms with Crippen molar-refractivity contribution in [1.29, 1.82) is 0 Å². The number of rotatable bonds is 2. The first-order valence-electron chi connectivity index (χ1n) is 6.14. The molecule has 1 aromatic heterocycles. The number of aliphatic hydroxyl groups is 1. The second-order valence-corrected chi connectivity index (χ2v) is 5.62. The fraction of sp³-hybridized carbons (Fsp3) is 0.0625. The Morgan fingerprint density at radius 3 is 2.65 bits per heavy atom. The summed E-state index contributed by atoms with van der Waals surface area (Å²) >= 11 is 2.04. The lowest BCUT2D eigenvalue weighted by molar-refractivity contribution is 0.215. The van der Waals surface area contributed by atoms with Crippen LogP contribution in [-0.4, -0.2) is 10.1 Å². The molecule has 0 bridgehead atoms. The summed E-state index contributed by atoms with van der Waals surface area (Å²) in [6.45, 7) is 0. The number of aliphatic hydroxyl groups excluding tert-OH is 1. The van der Waals surface area contributed by atoms with Crippen molar-refractivity contribution in [2.24, 2.45) is 0 Å². The third-order valence-corrected chi connectivity index (χ3v) is 4.19. The second-order valence-electron chi connectivity index (χ2n) is 4.46. The molecule has 100 valence electrons. The number of nitrogens with zero attached hydrogens (tertiary/aromatic N) is 1. The number of hydrogen-bond donors (Lipinski definition) is 1. The van der Waals surface area contributed by atoms with E-state index in [2.05, 4.69) is 4.98 Å². The van der Waals surface area contributed by atoms with Gasteiger partial charge in [-0.3, -0.25) is 4.98 Å². The van der Waals surface area contributed by atoms with Crippen LogP contribution in [0.2, 0.25) is 0 Å². The summed E-state index contributed by atoms with van der Waals surface area (Å²) in [7, 11) is 0. The molecule has 0 aliphatic heterocycles. The zero-order valence-corrected chi connectivity index (χ0v) is 12.6. The van der Waals surface area contributed by atoms with Crippen LogP contribution >= 0.6 is 22.6 Å². The third-order valence-electron chi connectivity index (χ3n) is 3.25. The lowest BCUT2D eigenvalue weighted by Gasteiger charge is -2.16. The van der Waals surface area contributed by atoms with Crippen LogP contribution in [0.3, 0.4) is 0 Å². The zero-order chi connectivity index (χ0) is 14.1. The summed E-state index contributed by atoms with van der Waals surface area (Å²) in [4.78, 5) is 4.26. The van der Waals surface area contributed by atoms with E-state index in [1.165, 1.54) is 6.07 Å². The molecule has 0 amide bonds. The van der Waals surface area contributed by atoms with Gasteiger partial charge in [0.25, 0.3) is 0 Å². The van der Waals surface area contributed by atoms with Gasteiger partial charge in [-0.05, 0) is 52.4 Å². The largest absolute Gasteiger partial charge is 0.383 e. The molecule has 1 atom stereocenters. The van der Waals surface area contributed by atoms with Gasteiger partial charge in [0, 0.05) is 20.7 Å². The van der Waals surface area contributed by atoms with Crippen molar-refractivity contribution in [2.75, 3.05) is 0 Å². The van der Waals surface area contributed by atoms with E-state index >= 15 is 0 Å². The molecule has 20 heavy (non-hydrogen) atoms. The van der Waals surface area contributed by atoms with Crippen molar-refractivity contribution in [3.05, 3.63) is 75.2 Å². The Bertz CT molecular complexity index is 750. The molecule has 0 aliphatic rings. The molecular formula is C16H11FINO. The van der Waals surface area contributed by atoms with Crippen molar-refractivity contribution in [3.63, 3.8) is 0 Å². The smallest absolute Gasteiger partial charge is 0.130 e. The van der Waals surface area contributed by atoms with Crippen LogP contribution in [-0.2, 0) is 0 Å². The predicted octanol–water partition coefficient (Wildman–Crippen LogP) is 4.06. The Hall–Kier alpha value is -1.53. The molecule has 1 N–H and O–H groups in total. The van der Waals surface area contributed by atoms with Crippen LogP contribution < -0.4 is 0 Å². The SMILES string of the molecule is OC(c1c(F)cccc1I)c1ccnc2ccccc12. The first-order chi connectivity index (χ1) is 9.68. The predicted molar refractivity (Wildman–Crippen MR) is 84.9 cm³/mol. The van der Waals surface area contributed by atoms with E-state index in [0.717, 1.165) is 10.9 Å². The summed E-state index contributed by atoms with van der Waals surface area (Å²) < 4.78 is 14.7. The summed E-state index contributed by atoms with van der Waals surface area (Å²) in [6, 6.07) is 14.0. The van der Waals surface area contributed by atoms with E-state index in [1.54, 1.807) is 24.4 Å². The van der Waals surface area contributed by atoms with Crippen molar-refractivity contribution < 1.29 is 9.50 Å². The highest BCUT2D eigenvalue weighted by molar-refractivity contribution is 14.1. The van der Waals surface area contributed by atoms with Crippen LogP contribution in [0.4, 0.5) is 4.39 Å². The lowest BCUT2D eigenvalue weighted by Crippen LogP contribution is -2.06. The van der Waals surface area contributed by atoms with Crippen molar-refractivity contribution in [1.82, 2.24) is 4.98 Å². The molecule has 4 heteroatoms. The molecule has 1 heterocycles.